The fraction of sp³-hybridized carbons (Fsp3) is 0.0909. The van der Waals surface area contributed by atoms with Crippen LogP contribution in [0.2, 0.25) is 0 Å². The van der Waals surface area contributed by atoms with Gasteiger partial charge in [0.25, 0.3) is 0 Å². The zero-order chi connectivity index (χ0) is 11.7. The number of aromatic carboxylic acids is 1. The van der Waals surface area contributed by atoms with Crippen molar-refractivity contribution in [3.63, 3.8) is 0 Å². The number of carboxylic acids is 1. The van der Waals surface area contributed by atoms with Crippen LogP contribution in [0.1, 0.15) is 15.4 Å². The molecule has 0 saturated carbocycles. The van der Waals surface area contributed by atoms with Gasteiger partial charge in [0.05, 0.1) is 0 Å². The molecule has 2 rings (SSSR count). The van der Waals surface area contributed by atoms with Gasteiger partial charge in [-0.3, -0.25) is 0 Å². The summed E-state index contributed by atoms with van der Waals surface area (Å²) in [7, 11) is 0. The standard InChI is InChI=1S/C11H9NO3S/c1-6-9(11(14)15)12-10(16-6)7-3-2-4-8(13)5-7/h2-5,13H,1H3,(H,14,15). The lowest BCUT2D eigenvalue weighted by molar-refractivity contribution is 0.0690. The van der Waals surface area contributed by atoms with Crippen LogP contribution >= 0.6 is 11.3 Å². The van der Waals surface area contributed by atoms with Crippen molar-refractivity contribution in [2.45, 2.75) is 6.92 Å². The monoisotopic (exact) mass is 235 g/mol. The van der Waals surface area contributed by atoms with Crippen molar-refractivity contribution in [1.82, 2.24) is 4.98 Å². The number of carboxylic acid groups (broad SMARTS) is 1. The Morgan fingerprint density at radius 3 is 2.75 bits per heavy atom. The van der Waals surface area contributed by atoms with Crippen molar-refractivity contribution in [2.24, 2.45) is 0 Å². The van der Waals surface area contributed by atoms with E-state index in [0.29, 0.717) is 9.88 Å². The number of phenols is 1. The number of aromatic hydroxyl groups is 1. The molecule has 0 unspecified atom stereocenters. The van der Waals surface area contributed by atoms with Crippen molar-refractivity contribution in [2.75, 3.05) is 0 Å². The molecule has 1 aromatic carbocycles. The number of thiazole rings is 1. The molecule has 0 aliphatic heterocycles. The van der Waals surface area contributed by atoms with Gasteiger partial charge >= 0.3 is 5.97 Å². The highest BCUT2D eigenvalue weighted by molar-refractivity contribution is 7.15. The van der Waals surface area contributed by atoms with E-state index in [0.717, 1.165) is 5.56 Å². The summed E-state index contributed by atoms with van der Waals surface area (Å²) < 4.78 is 0. The molecule has 16 heavy (non-hydrogen) atoms. The summed E-state index contributed by atoms with van der Waals surface area (Å²) in [5.41, 5.74) is 0.795. The van der Waals surface area contributed by atoms with E-state index < -0.39 is 5.97 Å². The van der Waals surface area contributed by atoms with Gasteiger partial charge in [-0.15, -0.1) is 11.3 Å². The largest absolute Gasteiger partial charge is 0.508 e. The highest BCUT2D eigenvalue weighted by atomic mass is 32.1. The van der Waals surface area contributed by atoms with E-state index >= 15 is 0 Å². The first-order valence-corrected chi connectivity index (χ1v) is 5.39. The van der Waals surface area contributed by atoms with Crippen molar-refractivity contribution in [3.8, 4) is 16.3 Å². The molecule has 2 aromatic rings. The number of aromatic nitrogens is 1. The van der Waals surface area contributed by atoms with Gasteiger partial charge in [0.1, 0.15) is 10.8 Å². The van der Waals surface area contributed by atoms with E-state index in [-0.39, 0.29) is 11.4 Å². The third kappa shape index (κ3) is 1.90. The number of aryl methyl sites for hydroxylation is 1. The fourth-order valence-electron chi connectivity index (χ4n) is 1.36. The summed E-state index contributed by atoms with van der Waals surface area (Å²) in [5, 5.41) is 18.8. The van der Waals surface area contributed by atoms with Gasteiger partial charge < -0.3 is 10.2 Å². The maximum absolute atomic E-state index is 10.8. The predicted molar refractivity (Wildman–Crippen MR) is 60.9 cm³/mol. The SMILES string of the molecule is Cc1sc(-c2cccc(O)c2)nc1C(=O)O. The van der Waals surface area contributed by atoms with E-state index in [1.807, 2.05) is 0 Å². The molecule has 1 aromatic heterocycles. The zero-order valence-electron chi connectivity index (χ0n) is 8.47. The second-order valence-corrected chi connectivity index (χ2v) is 4.48. The average Bonchev–Trinajstić information content (AvgIpc) is 2.60. The Hall–Kier alpha value is -1.88. The molecule has 0 atom stereocenters. The first-order valence-electron chi connectivity index (χ1n) is 4.58. The minimum atomic E-state index is -1.03. The van der Waals surface area contributed by atoms with Gasteiger partial charge in [0.2, 0.25) is 0 Å². The number of carbonyl (C=O) groups is 1. The number of nitrogens with zero attached hydrogens (tertiary/aromatic N) is 1. The Morgan fingerprint density at radius 2 is 2.19 bits per heavy atom. The maximum Gasteiger partial charge on any atom is 0.355 e. The molecule has 0 fully saturated rings. The second-order valence-electron chi connectivity index (χ2n) is 3.28. The number of benzene rings is 1. The number of rotatable bonds is 2. The maximum atomic E-state index is 10.8. The van der Waals surface area contributed by atoms with Gasteiger partial charge in [0, 0.05) is 10.4 Å². The van der Waals surface area contributed by atoms with E-state index in [1.54, 1.807) is 31.2 Å². The van der Waals surface area contributed by atoms with Crippen LogP contribution in [0, 0.1) is 6.92 Å². The molecular formula is C11H9NO3S. The van der Waals surface area contributed by atoms with Gasteiger partial charge in [-0.2, -0.15) is 0 Å². The third-order valence-electron chi connectivity index (χ3n) is 2.09. The predicted octanol–water partition coefficient (Wildman–Crippen LogP) is 2.52. The fourth-order valence-corrected chi connectivity index (χ4v) is 2.26. The molecule has 4 nitrogen and oxygen atoms in total. The average molecular weight is 235 g/mol. The van der Waals surface area contributed by atoms with Crippen LogP contribution < -0.4 is 0 Å². The summed E-state index contributed by atoms with van der Waals surface area (Å²) >= 11 is 1.30. The van der Waals surface area contributed by atoms with E-state index in [2.05, 4.69) is 4.98 Å². The first kappa shape index (κ1) is 10.6. The minimum Gasteiger partial charge on any atom is -0.508 e. The van der Waals surface area contributed by atoms with Crippen molar-refractivity contribution in [1.29, 1.82) is 0 Å². The smallest absolute Gasteiger partial charge is 0.355 e. The van der Waals surface area contributed by atoms with Crippen molar-refractivity contribution >= 4 is 17.3 Å². The van der Waals surface area contributed by atoms with Crippen LogP contribution in [0.15, 0.2) is 24.3 Å². The molecule has 1 heterocycles. The Labute approximate surface area is 95.8 Å². The number of hydrogen-bond acceptors (Lipinski definition) is 4. The Kier molecular flexibility index (Phi) is 2.62. The van der Waals surface area contributed by atoms with Gasteiger partial charge in [0.15, 0.2) is 5.69 Å². The Morgan fingerprint density at radius 1 is 1.44 bits per heavy atom. The van der Waals surface area contributed by atoms with Crippen LogP contribution in [-0.2, 0) is 0 Å². The van der Waals surface area contributed by atoms with Crippen LogP contribution in [-0.4, -0.2) is 21.2 Å². The highest BCUT2D eigenvalue weighted by Gasteiger charge is 2.14. The molecule has 0 amide bonds. The molecule has 5 heteroatoms. The summed E-state index contributed by atoms with van der Waals surface area (Å²) in [6, 6.07) is 6.59. The van der Waals surface area contributed by atoms with Crippen LogP contribution in [0.5, 0.6) is 5.75 Å². The molecule has 0 aliphatic carbocycles. The molecule has 0 bridgehead atoms. The Bertz CT molecular complexity index is 548. The lowest BCUT2D eigenvalue weighted by Crippen LogP contribution is -1.98. The van der Waals surface area contributed by atoms with Crippen molar-refractivity contribution in [3.05, 3.63) is 34.8 Å². The summed E-state index contributed by atoms with van der Waals surface area (Å²) in [6.45, 7) is 1.72. The first-order chi connectivity index (χ1) is 7.58. The lowest BCUT2D eigenvalue weighted by atomic mass is 10.2. The number of hydrogen-bond donors (Lipinski definition) is 2. The quantitative estimate of drug-likeness (QED) is 0.839. The van der Waals surface area contributed by atoms with Crippen molar-refractivity contribution < 1.29 is 15.0 Å². The summed E-state index contributed by atoms with van der Waals surface area (Å²) in [6.07, 6.45) is 0. The third-order valence-corrected chi connectivity index (χ3v) is 3.11. The minimum absolute atomic E-state index is 0.0725. The van der Waals surface area contributed by atoms with Crippen LogP contribution in [0.3, 0.4) is 0 Å². The van der Waals surface area contributed by atoms with E-state index in [4.69, 9.17) is 5.11 Å². The molecule has 0 spiro atoms. The Balaban J connectivity index is 2.49. The molecule has 82 valence electrons. The number of phenolic OH excluding ortho intramolecular Hbond substituents is 1. The molecule has 2 N–H and O–H groups in total. The topological polar surface area (TPSA) is 70.4 Å². The second kappa shape index (κ2) is 3.94. The lowest BCUT2D eigenvalue weighted by Gasteiger charge is -1.96. The van der Waals surface area contributed by atoms with E-state index in [9.17, 15) is 9.90 Å². The van der Waals surface area contributed by atoms with Crippen LogP contribution in [0.25, 0.3) is 10.6 Å². The highest BCUT2D eigenvalue weighted by Crippen LogP contribution is 2.29. The summed E-state index contributed by atoms with van der Waals surface area (Å²) in [4.78, 5) is 15.5. The van der Waals surface area contributed by atoms with Gasteiger partial charge in [-0.25, -0.2) is 9.78 Å². The molecule has 0 radical (unpaired) electrons. The molecule has 0 aliphatic rings. The normalized spacial score (nSPS) is 10.3. The molecular weight excluding hydrogens is 226 g/mol. The summed E-state index contributed by atoms with van der Waals surface area (Å²) in [5.74, 6) is -0.887. The molecule has 0 saturated heterocycles. The van der Waals surface area contributed by atoms with E-state index in [1.165, 1.54) is 11.3 Å². The van der Waals surface area contributed by atoms with Crippen LogP contribution in [0.4, 0.5) is 0 Å². The van der Waals surface area contributed by atoms with Gasteiger partial charge in [-0.05, 0) is 19.1 Å². The zero-order valence-corrected chi connectivity index (χ0v) is 9.28. The van der Waals surface area contributed by atoms with Gasteiger partial charge in [-0.1, -0.05) is 12.1 Å².